The molecule has 2 aromatic rings. The van der Waals surface area contributed by atoms with Gasteiger partial charge in [0.05, 0.1) is 13.2 Å². The molecule has 0 radical (unpaired) electrons. The number of carbonyl (C=O) groups excluding carboxylic acids is 1. The lowest BCUT2D eigenvalue weighted by atomic mass is 10.1. The molecular formula is C23H28FNO4. The molecule has 3 rings (SSSR count). The molecule has 0 amide bonds. The average molecular weight is 401 g/mol. The minimum Gasteiger partial charge on any atom is -0.492 e. The van der Waals surface area contributed by atoms with E-state index in [2.05, 4.69) is 4.90 Å². The summed E-state index contributed by atoms with van der Waals surface area (Å²) >= 11 is 0. The molecule has 0 unspecified atom stereocenters. The van der Waals surface area contributed by atoms with Crippen LogP contribution in [0.2, 0.25) is 0 Å². The Morgan fingerprint density at radius 3 is 2.69 bits per heavy atom. The summed E-state index contributed by atoms with van der Waals surface area (Å²) in [6.07, 6.45) is 0.953. The third-order valence-electron chi connectivity index (χ3n) is 4.83. The Morgan fingerprint density at radius 1 is 1.10 bits per heavy atom. The molecule has 0 aliphatic carbocycles. The zero-order valence-electron chi connectivity index (χ0n) is 16.9. The fraction of sp³-hybridized carbons (Fsp3) is 0.435. The van der Waals surface area contributed by atoms with Crippen molar-refractivity contribution < 1.29 is 23.4 Å². The number of aryl methyl sites for hydroxylation is 1. The lowest BCUT2D eigenvalue weighted by Gasteiger charge is -2.26. The third-order valence-corrected chi connectivity index (χ3v) is 4.83. The Bertz CT molecular complexity index is 805. The number of hydrogen-bond donors (Lipinski definition) is 0. The van der Waals surface area contributed by atoms with Crippen molar-refractivity contribution in [2.75, 3.05) is 39.5 Å². The SMILES string of the molecule is CC(=O)CCc1ccc(OCc2cccc(OCCN3CCOCC3)c2)c(F)c1. The molecule has 0 N–H and O–H groups in total. The zero-order valence-corrected chi connectivity index (χ0v) is 16.9. The summed E-state index contributed by atoms with van der Waals surface area (Å²) in [6.45, 7) is 6.71. The predicted molar refractivity (Wildman–Crippen MR) is 109 cm³/mol. The summed E-state index contributed by atoms with van der Waals surface area (Å²) in [5.74, 6) is 0.663. The average Bonchev–Trinajstić information content (AvgIpc) is 2.73. The second kappa shape index (κ2) is 10.9. The van der Waals surface area contributed by atoms with E-state index in [1.807, 2.05) is 24.3 Å². The molecule has 0 atom stereocenters. The predicted octanol–water partition coefficient (Wildman–Crippen LogP) is 3.64. The molecule has 156 valence electrons. The molecule has 6 heteroatoms. The van der Waals surface area contributed by atoms with Crippen molar-refractivity contribution in [3.63, 3.8) is 0 Å². The van der Waals surface area contributed by atoms with Crippen LogP contribution in [0.25, 0.3) is 0 Å². The number of morpholine rings is 1. The normalized spacial score (nSPS) is 14.6. The van der Waals surface area contributed by atoms with Crippen molar-refractivity contribution in [1.82, 2.24) is 4.90 Å². The zero-order chi connectivity index (χ0) is 20.5. The van der Waals surface area contributed by atoms with Crippen LogP contribution < -0.4 is 9.47 Å². The number of ketones is 1. The number of Topliss-reactive ketones (excluding diaryl/α,β-unsaturated/α-hetero) is 1. The van der Waals surface area contributed by atoms with Gasteiger partial charge in [0, 0.05) is 26.1 Å². The lowest BCUT2D eigenvalue weighted by molar-refractivity contribution is -0.116. The minimum atomic E-state index is -0.413. The molecule has 29 heavy (non-hydrogen) atoms. The smallest absolute Gasteiger partial charge is 0.165 e. The first-order valence-corrected chi connectivity index (χ1v) is 10.0. The standard InChI is InChI=1S/C23H28FNO4/c1-18(26)5-6-19-7-8-23(22(24)16-19)29-17-20-3-2-4-21(15-20)28-14-11-25-9-12-27-13-10-25/h2-4,7-8,15-16H,5-6,9-14,17H2,1H3. The lowest BCUT2D eigenvalue weighted by Crippen LogP contribution is -2.38. The molecular weight excluding hydrogens is 373 g/mol. The molecule has 0 saturated carbocycles. The number of benzene rings is 2. The molecule has 1 aliphatic rings. The second-order valence-corrected chi connectivity index (χ2v) is 7.21. The van der Waals surface area contributed by atoms with Gasteiger partial charge < -0.3 is 19.0 Å². The van der Waals surface area contributed by atoms with Crippen LogP contribution in [0.4, 0.5) is 4.39 Å². The summed E-state index contributed by atoms with van der Waals surface area (Å²) in [7, 11) is 0. The van der Waals surface area contributed by atoms with Crippen LogP contribution in [0, 0.1) is 5.82 Å². The molecule has 1 saturated heterocycles. The monoisotopic (exact) mass is 401 g/mol. The Balaban J connectivity index is 1.47. The van der Waals surface area contributed by atoms with E-state index in [1.54, 1.807) is 12.1 Å². The number of nitrogens with zero attached hydrogens (tertiary/aromatic N) is 1. The van der Waals surface area contributed by atoms with Gasteiger partial charge in [0.25, 0.3) is 0 Å². The highest BCUT2D eigenvalue weighted by molar-refractivity contribution is 5.75. The van der Waals surface area contributed by atoms with Crippen molar-refractivity contribution >= 4 is 5.78 Å². The number of halogens is 1. The van der Waals surface area contributed by atoms with Crippen LogP contribution >= 0.6 is 0 Å². The minimum absolute atomic E-state index is 0.0952. The summed E-state index contributed by atoms with van der Waals surface area (Å²) in [6, 6.07) is 12.5. The number of ether oxygens (including phenoxy) is 3. The molecule has 0 spiro atoms. The van der Waals surface area contributed by atoms with E-state index in [1.165, 1.54) is 13.0 Å². The van der Waals surface area contributed by atoms with Crippen LogP contribution in [0.5, 0.6) is 11.5 Å². The van der Waals surface area contributed by atoms with Gasteiger partial charge >= 0.3 is 0 Å². The highest BCUT2D eigenvalue weighted by atomic mass is 19.1. The van der Waals surface area contributed by atoms with Gasteiger partial charge in [-0.2, -0.15) is 0 Å². The van der Waals surface area contributed by atoms with Gasteiger partial charge in [0.2, 0.25) is 0 Å². The van der Waals surface area contributed by atoms with Crippen molar-refractivity contribution in [2.24, 2.45) is 0 Å². The Morgan fingerprint density at radius 2 is 1.93 bits per heavy atom. The van der Waals surface area contributed by atoms with E-state index >= 15 is 0 Å². The summed E-state index contributed by atoms with van der Waals surface area (Å²) < 4.78 is 31.1. The van der Waals surface area contributed by atoms with E-state index in [0.29, 0.717) is 19.4 Å². The van der Waals surface area contributed by atoms with Gasteiger partial charge in [-0.3, -0.25) is 4.90 Å². The van der Waals surface area contributed by atoms with Gasteiger partial charge in [-0.1, -0.05) is 18.2 Å². The quantitative estimate of drug-likeness (QED) is 0.608. The fourth-order valence-corrected chi connectivity index (χ4v) is 3.14. The van der Waals surface area contributed by atoms with E-state index < -0.39 is 5.82 Å². The molecule has 1 fully saturated rings. The molecule has 2 aromatic carbocycles. The Kier molecular flexibility index (Phi) is 8.02. The maximum Gasteiger partial charge on any atom is 0.165 e. The highest BCUT2D eigenvalue weighted by Gasteiger charge is 2.10. The van der Waals surface area contributed by atoms with Crippen LogP contribution in [0.15, 0.2) is 42.5 Å². The highest BCUT2D eigenvalue weighted by Crippen LogP contribution is 2.21. The summed E-state index contributed by atoms with van der Waals surface area (Å²) in [5, 5.41) is 0. The largest absolute Gasteiger partial charge is 0.492 e. The summed E-state index contributed by atoms with van der Waals surface area (Å²) in [5.41, 5.74) is 1.70. The Hall–Kier alpha value is -2.44. The first kappa shape index (κ1) is 21.3. The van der Waals surface area contributed by atoms with Gasteiger partial charge in [-0.05, 0) is 48.7 Å². The summed E-state index contributed by atoms with van der Waals surface area (Å²) in [4.78, 5) is 13.4. The number of carbonyl (C=O) groups is 1. The van der Waals surface area contributed by atoms with Gasteiger partial charge in [-0.25, -0.2) is 4.39 Å². The van der Waals surface area contributed by atoms with Gasteiger partial charge in [0.1, 0.15) is 24.7 Å². The maximum atomic E-state index is 14.3. The topological polar surface area (TPSA) is 48.0 Å². The Labute approximate surface area is 171 Å². The first-order chi connectivity index (χ1) is 14.1. The molecule has 0 aromatic heterocycles. The van der Waals surface area contributed by atoms with Crippen LogP contribution in [-0.2, 0) is 22.6 Å². The maximum absolute atomic E-state index is 14.3. The number of hydrogen-bond acceptors (Lipinski definition) is 5. The van der Waals surface area contributed by atoms with Crippen molar-refractivity contribution in [2.45, 2.75) is 26.4 Å². The van der Waals surface area contributed by atoms with Crippen LogP contribution in [0.1, 0.15) is 24.5 Å². The van der Waals surface area contributed by atoms with Crippen LogP contribution in [-0.4, -0.2) is 50.1 Å². The van der Waals surface area contributed by atoms with E-state index in [9.17, 15) is 9.18 Å². The van der Waals surface area contributed by atoms with Gasteiger partial charge in [-0.15, -0.1) is 0 Å². The van der Waals surface area contributed by atoms with Crippen molar-refractivity contribution in [3.05, 3.63) is 59.4 Å². The number of rotatable bonds is 10. The van der Waals surface area contributed by atoms with E-state index in [0.717, 1.165) is 49.7 Å². The van der Waals surface area contributed by atoms with Gasteiger partial charge in [0.15, 0.2) is 11.6 Å². The van der Waals surface area contributed by atoms with Crippen molar-refractivity contribution in [3.8, 4) is 11.5 Å². The molecule has 5 nitrogen and oxygen atoms in total. The first-order valence-electron chi connectivity index (χ1n) is 10.0. The molecule has 1 heterocycles. The molecule has 1 aliphatic heterocycles. The fourth-order valence-electron chi connectivity index (χ4n) is 3.14. The molecule has 0 bridgehead atoms. The van der Waals surface area contributed by atoms with E-state index in [4.69, 9.17) is 14.2 Å². The van der Waals surface area contributed by atoms with E-state index in [-0.39, 0.29) is 18.1 Å². The second-order valence-electron chi connectivity index (χ2n) is 7.21. The van der Waals surface area contributed by atoms with Crippen molar-refractivity contribution in [1.29, 1.82) is 0 Å². The van der Waals surface area contributed by atoms with Crippen LogP contribution in [0.3, 0.4) is 0 Å². The third kappa shape index (κ3) is 7.15.